The van der Waals surface area contributed by atoms with Gasteiger partial charge in [-0.25, -0.2) is 0 Å². The summed E-state index contributed by atoms with van der Waals surface area (Å²) in [4.78, 5) is 2.15. The number of hydrogen-bond donors (Lipinski definition) is 0. The second-order valence-corrected chi connectivity index (χ2v) is 3.40. The van der Waals surface area contributed by atoms with E-state index < -0.39 is 6.61 Å². The molecule has 1 heterocycles. The third-order valence-corrected chi connectivity index (χ3v) is 2.20. The van der Waals surface area contributed by atoms with Crippen LogP contribution < -0.4 is 0 Å². The van der Waals surface area contributed by atoms with E-state index in [-0.39, 0.29) is 6.10 Å². The maximum atomic E-state index is 11.8. The number of rotatable bonds is 3. The van der Waals surface area contributed by atoms with Gasteiger partial charge in [0.2, 0.25) is 0 Å². The SMILES string of the molecule is CC.CC(C)N1CCC(OC(F)F)C1. The Morgan fingerprint density at radius 1 is 1.29 bits per heavy atom. The second-order valence-electron chi connectivity index (χ2n) is 3.40. The van der Waals surface area contributed by atoms with Crippen molar-refractivity contribution in [1.29, 1.82) is 0 Å². The number of hydrogen-bond acceptors (Lipinski definition) is 2. The van der Waals surface area contributed by atoms with E-state index in [2.05, 4.69) is 23.5 Å². The van der Waals surface area contributed by atoms with Gasteiger partial charge in [-0.15, -0.1) is 0 Å². The lowest BCUT2D eigenvalue weighted by Gasteiger charge is -2.19. The highest BCUT2D eigenvalue weighted by molar-refractivity contribution is 4.77. The molecule has 1 rings (SSSR count). The molecular weight excluding hydrogens is 188 g/mol. The monoisotopic (exact) mass is 209 g/mol. The van der Waals surface area contributed by atoms with Crippen molar-refractivity contribution in [2.24, 2.45) is 0 Å². The number of alkyl halides is 2. The highest BCUT2D eigenvalue weighted by Crippen LogP contribution is 2.17. The summed E-state index contributed by atoms with van der Waals surface area (Å²) in [7, 11) is 0. The van der Waals surface area contributed by atoms with Gasteiger partial charge in [0.15, 0.2) is 0 Å². The Morgan fingerprint density at radius 3 is 2.21 bits per heavy atom. The zero-order chi connectivity index (χ0) is 11.1. The van der Waals surface area contributed by atoms with Crippen LogP contribution in [0.2, 0.25) is 0 Å². The molecule has 0 aromatic rings. The standard InChI is InChI=1S/C8H15F2NO.C2H6/c1-6(2)11-4-3-7(5-11)12-8(9)10;1-2/h6-8H,3-5H2,1-2H3;1-2H3. The van der Waals surface area contributed by atoms with Crippen LogP contribution in [0.25, 0.3) is 0 Å². The summed E-state index contributed by atoms with van der Waals surface area (Å²) in [5.41, 5.74) is 0. The highest BCUT2D eigenvalue weighted by atomic mass is 19.3. The van der Waals surface area contributed by atoms with Gasteiger partial charge in [-0.2, -0.15) is 8.78 Å². The van der Waals surface area contributed by atoms with Crippen molar-refractivity contribution in [3.63, 3.8) is 0 Å². The Bertz CT molecular complexity index is 142. The van der Waals surface area contributed by atoms with E-state index in [1.165, 1.54) is 0 Å². The Kier molecular flexibility index (Phi) is 7.01. The first-order valence-electron chi connectivity index (χ1n) is 5.27. The molecule has 1 aliphatic heterocycles. The lowest BCUT2D eigenvalue weighted by atomic mass is 10.3. The zero-order valence-electron chi connectivity index (χ0n) is 9.46. The van der Waals surface area contributed by atoms with Crippen LogP contribution in [0.4, 0.5) is 8.78 Å². The topological polar surface area (TPSA) is 12.5 Å². The largest absolute Gasteiger partial charge is 0.345 e. The van der Waals surface area contributed by atoms with Crippen molar-refractivity contribution in [2.45, 2.75) is 52.9 Å². The minimum absolute atomic E-state index is 0.271. The predicted molar refractivity (Wildman–Crippen MR) is 53.6 cm³/mol. The Balaban J connectivity index is 0.000000791. The van der Waals surface area contributed by atoms with Crippen LogP contribution >= 0.6 is 0 Å². The van der Waals surface area contributed by atoms with Gasteiger partial charge in [-0.1, -0.05) is 13.8 Å². The van der Waals surface area contributed by atoms with Crippen molar-refractivity contribution in [2.75, 3.05) is 13.1 Å². The molecule has 0 aromatic heterocycles. The Labute approximate surface area is 85.2 Å². The average Bonchev–Trinajstić information content (AvgIpc) is 2.55. The summed E-state index contributed by atoms with van der Waals surface area (Å²) >= 11 is 0. The first kappa shape index (κ1) is 13.8. The molecule has 86 valence electrons. The smallest absolute Gasteiger partial charge is 0.318 e. The van der Waals surface area contributed by atoms with E-state index >= 15 is 0 Å². The van der Waals surface area contributed by atoms with Gasteiger partial charge in [-0.05, 0) is 20.3 Å². The summed E-state index contributed by atoms with van der Waals surface area (Å²) in [6.07, 6.45) is 0.454. The van der Waals surface area contributed by atoms with E-state index in [4.69, 9.17) is 0 Å². The Morgan fingerprint density at radius 2 is 1.86 bits per heavy atom. The van der Waals surface area contributed by atoms with Crippen LogP contribution in [0.5, 0.6) is 0 Å². The highest BCUT2D eigenvalue weighted by Gasteiger charge is 2.26. The van der Waals surface area contributed by atoms with Crippen LogP contribution in [0, 0.1) is 0 Å². The van der Waals surface area contributed by atoms with Crippen LogP contribution in [0.3, 0.4) is 0 Å². The molecule has 2 nitrogen and oxygen atoms in total. The van der Waals surface area contributed by atoms with E-state index in [0.717, 1.165) is 13.0 Å². The minimum atomic E-state index is -2.62. The van der Waals surface area contributed by atoms with Crippen molar-refractivity contribution < 1.29 is 13.5 Å². The molecule has 0 aromatic carbocycles. The summed E-state index contributed by atoms with van der Waals surface area (Å²) in [5.74, 6) is 0. The summed E-state index contributed by atoms with van der Waals surface area (Å²) in [6.45, 7) is 7.01. The van der Waals surface area contributed by atoms with E-state index in [0.29, 0.717) is 12.6 Å². The lowest BCUT2D eigenvalue weighted by Crippen LogP contribution is -2.30. The predicted octanol–water partition coefficient (Wildman–Crippen LogP) is 2.73. The molecule has 14 heavy (non-hydrogen) atoms. The van der Waals surface area contributed by atoms with Gasteiger partial charge in [0.05, 0.1) is 6.10 Å². The maximum absolute atomic E-state index is 11.8. The van der Waals surface area contributed by atoms with Crippen molar-refractivity contribution in [3.05, 3.63) is 0 Å². The summed E-state index contributed by atoms with van der Waals surface area (Å²) in [5, 5.41) is 0. The number of likely N-dealkylation sites (tertiary alicyclic amines) is 1. The third-order valence-electron chi connectivity index (χ3n) is 2.20. The minimum Gasteiger partial charge on any atom is -0.318 e. The maximum Gasteiger partial charge on any atom is 0.345 e. The fourth-order valence-electron chi connectivity index (χ4n) is 1.48. The normalized spacial score (nSPS) is 22.7. The van der Waals surface area contributed by atoms with Crippen LogP contribution in [0.1, 0.15) is 34.1 Å². The second kappa shape index (κ2) is 7.12. The fourth-order valence-corrected chi connectivity index (χ4v) is 1.48. The van der Waals surface area contributed by atoms with Gasteiger partial charge < -0.3 is 4.74 Å². The average molecular weight is 209 g/mol. The molecule has 1 atom stereocenters. The third kappa shape index (κ3) is 4.86. The molecule has 0 radical (unpaired) electrons. The number of nitrogens with zero attached hydrogens (tertiary/aromatic N) is 1. The number of ether oxygens (including phenoxy) is 1. The molecule has 4 heteroatoms. The van der Waals surface area contributed by atoms with Gasteiger partial charge in [0.1, 0.15) is 0 Å². The van der Waals surface area contributed by atoms with Crippen molar-refractivity contribution >= 4 is 0 Å². The van der Waals surface area contributed by atoms with Crippen LogP contribution in [-0.2, 0) is 4.74 Å². The van der Waals surface area contributed by atoms with Crippen molar-refractivity contribution in [1.82, 2.24) is 4.90 Å². The molecule has 0 spiro atoms. The molecule has 0 N–H and O–H groups in total. The fraction of sp³-hybridized carbons (Fsp3) is 1.00. The van der Waals surface area contributed by atoms with Crippen LogP contribution in [0.15, 0.2) is 0 Å². The van der Waals surface area contributed by atoms with Crippen LogP contribution in [-0.4, -0.2) is 36.7 Å². The lowest BCUT2D eigenvalue weighted by molar-refractivity contribution is -0.158. The molecule has 0 amide bonds. The van der Waals surface area contributed by atoms with Gasteiger partial charge in [-0.3, -0.25) is 4.90 Å². The Hall–Kier alpha value is -0.220. The number of halogens is 2. The first-order chi connectivity index (χ1) is 6.59. The molecule has 0 aliphatic carbocycles. The van der Waals surface area contributed by atoms with E-state index in [1.54, 1.807) is 0 Å². The molecule has 1 saturated heterocycles. The molecule has 1 unspecified atom stereocenters. The molecular formula is C10H21F2NO. The van der Waals surface area contributed by atoms with E-state index in [9.17, 15) is 8.78 Å². The summed E-state index contributed by atoms with van der Waals surface area (Å²) < 4.78 is 28.0. The summed E-state index contributed by atoms with van der Waals surface area (Å²) in [6, 6.07) is 0.427. The molecule has 0 saturated carbocycles. The molecule has 1 fully saturated rings. The molecule has 0 bridgehead atoms. The van der Waals surface area contributed by atoms with Gasteiger partial charge in [0, 0.05) is 19.1 Å². The zero-order valence-corrected chi connectivity index (χ0v) is 9.46. The van der Waals surface area contributed by atoms with Gasteiger partial charge in [0.25, 0.3) is 0 Å². The quantitative estimate of drug-likeness (QED) is 0.708. The van der Waals surface area contributed by atoms with Gasteiger partial charge >= 0.3 is 6.61 Å². The first-order valence-corrected chi connectivity index (χ1v) is 5.27. The molecule has 1 aliphatic rings. The van der Waals surface area contributed by atoms with E-state index in [1.807, 2.05) is 13.8 Å². The van der Waals surface area contributed by atoms with Crippen molar-refractivity contribution in [3.8, 4) is 0 Å².